The van der Waals surface area contributed by atoms with Gasteiger partial charge in [0.05, 0.1) is 0 Å². The first kappa shape index (κ1) is 13.4. The summed E-state index contributed by atoms with van der Waals surface area (Å²) in [6.07, 6.45) is 8.62. The number of rotatable bonds is 3. The van der Waals surface area contributed by atoms with Gasteiger partial charge in [0, 0.05) is 0 Å². The third-order valence-electron chi connectivity index (χ3n) is 4.38. The lowest BCUT2D eigenvalue weighted by Gasteiger charge is -2.27. The van der Waals surface area contributed by atoms with Crippen molar-refractivity contribution in [3.63, 3.8) is 0 Å². The van der Waals surface area contributed by atoms with E-state index >= 15 is 0 Å². The van der Waals surface area contributed by atoms with Crippen LogP contribution in [0.5, 0.6) is 0 Å². The Labute approximate surface area is 123 Å². The molecule has 1 aliphatic carbocycles. The lowest BCUT2D eigenvalue weighted by atomic mass is 10.1. The molecule has 3 rings (SSSR count). The van der Waals surface area contributed by atoms with Gasteiger partial charge in [0.2, 0.25) is 0 Å². The minimum Gasteiger partial charge on any atom is -0.0885 e. The molecule has 0 heterocycles. The molecule has 0 amide bonds. The van der Waals surface area contributed by atoms with Gasteiger partial charge in [0.25, 0.3) is 0 Å². The first-order valence-corrected chi connectivity index (χ1v) is 9.43. The minimum atomic E-state index is -1.10. The lowest BCUT2D eigenvalue weighted by molar-refractivity contribution is 0.718. The van der Waals surface area contributed by atoms with Gasteiger partial charge in [-0.15, -0.1) is 0 Å². The summed E-state index contributed by atoms with van der Waals surface area (Å²) in [6.45, 7) is 2.17. The summed E-state index contributed by atoms with van der Waals surface area (Å²) in [5.41, 5.74) is 2.23. The van der Waals surface area contributed by atoms with Crippen molar-refractivity contribution in [2.24, 2.45) is 0 Å². The molecule has 0 N–H and O–H groups in total. The summed E-state index contributed by atoms with van der Waals surface area (Å²) in [5, 5.41) is 3.19. The molecular formula is C19H22Si. The van der Waals surface area contributed by atoms with Gasteiger partial charge in [-0.25, -0.2) is 0 Å². The van der Waals surface area contributed by atoms with E-state index in [-0.39, 0.29) is 0 Å². The van der Waals surface area contributed by atoms with Gasteiger partial charge in [-0.05, 0) is 31.7 Å². The van der Waals surface area contributed by atoms with Crippen molar-refractivity contribution in [3.8, 4) is 0 Å². The number of allylic oxidation sites excluding steroid dienone is 2. The third kappa shape index (κ3) is 2.93. The Bertz CT molecular complexity index is 568. The zero-order chi connectivity index (χ0) is 13.8. The van der Waals surface area contributed by atoms with E-state index in [1.165, 1.54) is 24.8 Å². The second-order valence-corrected chi connectivity index (χ2v) is 9.08. The van der Waals surface area contributed by atoms with Gasteiger partial charge in [0.15, 0.2) is 0 Å². The van der Waals surface area contributed by atoms with Crippen molar-refractivity contribution >= 4 is 19.2 Å². The summed E-state index contributed by atoms with van der Waals surface area (Å²) < 4.78 is 0. The highest BCUT2D eigenvalue weighted by molar-refractivity contribution is 6.86. The molecule has 0 saturated heterocycles. The van der Waals surface area contributed by atoms with Crippen molar-refractivity contribution in [3.05, 3.63) is 72.3 Å². The maximum absolute atomic E-state index is 2.39. The van der Waals surface area contributed by atoms with Crippen LogP contribution in [0.25, 0.3) is 0 Å². The summed E-state index contributed by atoms with van der Waals surface area (Å²) in [7, 11) is -1.10. The van der Waals surface area contributed by atoms with E-state index in [0.717, 1.165) is 5.54 Å². The summed E-state index contributed by atoms with van der Waals surface area (Å²) in [4.78, 5) is 0. The van der Waals surface area contributed by atoms with Crippen molar-refractivity contribution < 1.29 is 0 Å². The molecule has 0 radical (unpaired) electrons. The third-order valence-corrected chi connectivity index (χ3v) is 8.13. The Morgan fingerprint density at radius 2 is 1.55 bits per heavy atom. The molecule has 0 saturated carbocycles. The quantitative estimate of drug-likeness (QED) is 0.596. The van der Waals surface area contributed by atoms with Gasteiger partial charge in [0.1, 0.15) is 8.80 Å². The molecule has 2 atom stereocenters. The fourth-order valence-corrected chi connectivity index (χ4v) is 6.96. The average molecular weight is 278 g/mol. The SMILES string of the molecule is Cc1ccc([SiH](c2ccccc2)C2CC=CCC2)cc1. The second kappa shape index (κ2) is 6.23. The fourth-order valence-electron chi connectivity index (χ4n) is 3.29. The highest BCUT2D eigenvalue weighted by atomic mass is 28.3. The molecule has 1 heteroatoms. The molecule has 2 aromatic rings. The van der Waals surface area contributed by atoms with Crippen LogP contribution in [0.3, 0.4) is 0 Å². The Balaban J connectivity index is 1.98. The molecule has 1 aliphatic rings. The van der Waals surface area contributed by atoms with Crippen LogP contribution in [-0.4, -0.2) is 8.80 Å². The van der Waals surface area contributed by atoms with Gasteiger partial charge in [-0.1, -0.05) is 82.7 Å². The van der Waals surface area contributed by atoms with E-state index < -0.39 is 8.80 Å². The Morgan fingerprint density at radius 1 is 0.850 bits per heavy atom. The predicted octanol–water partition coefficient (Wildman–Crippen LogP) is 3.45. The molecule has 0 aromatic heterocycles. The molecule has 0 bridgehead atoms. The molecule has 102 valence electrons. The normalized spacial score (nSPS) is 19.8. The van der Waals surface area contributed by atoms with Gasteiger partial charge in [-0.2, -0.15) is 0 Å². The van der Waals surface area contributed by atoms with Crippen LogP contribution in [-0.2, 0) is 0 Å². The topological polar surface area (TPSA) is 0 Å². The Kier molecular flexibility index (Phi) is 4.17. The zero-order valence-corrected chi connectivity index (χ0v) is 13.3. The minimum absolute atomic E-state index is 0.866. The molecule has 2 unspecified atom stereocenters. The van der Waals surface area contributed by atoms with Crippen molar-refractivity contribution in [2.75, 3.05) is 0 Å². The van der Waals surface area contributed by atoms with Crippen LogP contribution in [0.4, 0.5) is 0 Å². The molecule has 0 spiro atoms. The van der Waals surface area contributed by atoms with Crippen LogP contribution < -0.4 is 10.4 Å². The molecule has 0 nitrogen and oxygen atoms in total. The summed E-state index contributed by atoms with van der Waals surface area (Å²) in [6, 6.07) is 20.5. The molecule has 0 fully saturated rings. The Morgan fingerprint density at radius 3 is 2.20 bits per heavy atom. The smallest absolute Gasteiger partial charge is 0.0885 e. The van der Waals surface area contributed by atoms with E-state index in [1.807, 2.05) is 0 Å². The highest BCUT2D eigenvalue weighted by Crippen LogP contribution is 2.27. The Hall–Kier alpha value is -1.60. The van der Waals surface area contributed by atoms with Crippen molar-refractivity contribution in [2.45, 2.75) is 31.7 Å². The van der Waals surface area contributed by atoms with Gasteiger partial charge < -0.3 is 0 Å². The number of hydrogen-bond acceptors (Lipinski definition) is 0. The number of hydrogen-bond donors (Lipinski definition) is 0. The summed E-state index contributed by atoms with van der Waals surface area (Å²) in [5.74, 6) is 0. The maximum Gasteiger partial charge on any atom is 0.106 e. The van der Waals surface area contributed by atoms with Gasteiger partial charge in [-0.3, -0.25) is 0 Å². The summed E-state index contributed by atoms with van der Waals surface area (Å²) >= 11 is 0. The maximum atomic E-state index is 2.39. The van der Waals surface area contributed by atoms with Crippen LogP contribution in [0, 0.1) is 6.92 Å². The highest BCUT2D eigenvalue weighted by Gasteiger charge is 2.26. The number of aryl methyl sites for hydroxylation is 1. The average Bonchev–Trinajstić information content (AvgIpc) is 2.52. The van der Waals surface area contributed by atoms with Crippen molar-refractivity contribution in [1.29, 1.82) is 0 Å². The first-order chi connectivity index (χ1) is 9.84. The van der Waals surface area contributed by atoms with E-state index in [2.05, 4.69) is 73.7 Å². The zero-order valence-electron chi connectivity index (χ0n) is 12.1. The lowest BCUT2D eigenvalue weighted by Crippen LogP contribution is -2.46. The molecular weight excluding hydrogens is 256 g/mol. The monoisotopic (exact) mass is 278 g/mol. The van der Waals surface area contributed by atoms with Crippen molar-refractivity contribution in [1.82, 2.24) is 0 Å². The van der Waals surface area contributed by atoms with E-state index in [0.29, 0.717) is 0 Å². The first-order valence-electron chi connectivity index (χ1n) is 7.61. The predicted molar refractivity (Wildman–Crippen MR) is 90.8 cm³/mol. The van der Waals surface area contributed by atoms with Crippen LogP contribution in [0.1, 0.15) is 24.8 Å². The van der Waals surface area contributed by atoms with E-state index in [1.54, 1.807) is 10.4 Å². The second-order valence-electron chi connectivity index (χ2n) is 5.84. The number of benzene rings is 2. The molecule has 20 heavy (non-hydrogen) atoms. The van der Waals surface area contributed by atoms with Crippen LogP contribution in [0.15, 0.2) is 66.7 Å². The van der Waals surface area contributed by atoms with E-state index in [4.69, 9.17) is 0 Å². The van der Waals surface area contributed by atoms with Crippen LogP contribution >= 0.6 is 0 Å². The van der Waals surface area contributed by atoms with E-state index in [9.17, 15) is 0 Å². The molecule has 0 aliphatic heterocycles. The standard InChI is InChI=1S/C19H22Si/c1-16-12-14-19(15-13-16)20(17-8-4-2-5-9-17)18-10-6-3-7-11-18/h2-6,8-9,12-15,18,20H,7,10-11H2,1H3. The van der Waals surface area contributed by atoms with Gasteiger partial charge >= 0.3 is 0 Å². The van der Waals surface area contributed by atoms with Crippen LogP contribution in [0.2, 0.25) is 5.54 Å². The molecule has 2 aromatic carbocycles. The largest absolute Gasteiger partial charge is 0.106 e. The fraction of sp³-hybridized carbons (Fsp3) is 0.263.